The number of hydrogen-bond donors (Lipinski definition) is 3. The van der Waals surface area contributed by atoms with Crippen LogP contribution in [0.15, 0.2) is 152 Å². The normalized spacial score (nSPS) is 15.8. The Morgan fingerprint density at radius 2 is 0.921 bits per heavy atom. The summed E-state index contributed by atoms with van der Waals surface area (Å²) in [7, 11) is 0. The first-order valence-electron chi connectivity index (χ1n) is 35.5. The van der Waals surface area contributed by atoms with Crippen molar-refractivity contribution in [1.82, 2.24) is 29.4 Å². The number of nitrogens with zero attached hydrogens (tertiary/aromatic N) is 7. The minimum absolute atomic E-state index is 0.00984. The molecule has 3 saturated heterocycles. The van der Waals surface area contributed by atoms with Crippen LogP contribution in [0.25, 0.3) is 0 Å². The molecule has 101 heavy (non-hydrogen) atoms. The maximum absolute atomic E-state index is 13.5. The Morgan fingerprint density at radius 3 is 1.32 bits per heavy atom. The second-order valence-electron chi connectivity index (χ2n) is 27.2. The molecule has 548 valence electrons. The van der Waals surface area contributed by atoms with Gasteiger partial charge in [0.1, 0.15) is 0 Å². The Hall–Kier alpha value is -8.05. The smallest absolute Gasteiger partial charge is 0.317 e. The molecule has 2 unspecified atom stereocenters. The molecule has 9 rings (SSSR count). The average molecular weight is 1420 g/mol. The molecule has 16 nitrogen and oxygen atoms in total. The van der Waals surface area contributed by atoms with Crippen molar-refractivity contribution in [2.75, 3.05) is 67.6 Å². The van der Waals surface area contributed by atoms with E-state index in [1.165, 1.54) is 43.2 Å². The summed E-state index contributed by atoms with van der Waals surface area (Å²) in [5, 5.41) is 19.6. The fourth-order valence-corrected chi connectivity index (χ4v) is 13.5. The van der Waals surface area contributed by atoms with Crippen molar-refractivity contribution in [2.24, 2.45) is 5.92 Å². The van der Waals surface area contributed by atoms with E-state index in [0.717, 1.165) is 150 Å². The van der Waals surface area contributed by atoms with Gasteiger partial charge in [0, 0.05) is 124 Å². The van der Waals surface area contributed by atoms with Gasteiger partial charge < -0.3 is 45.3 Å². The number of amides is 6. The number of ketones is 1. The van der Waals surface area contributed by atoms with Gasteiger partial charge in [-0.2, -0.15) is 26.3 Å². The first kappa shape index (κ1) is 80.3. The van der Waals surface area contributed by atoms with Gasteiger partial charge in [0.05, 0.1) is 21.9 Å². The molecule has 6 amide bonds. The van der Waals surface area contributed by atoms with Gasteiger partial charge in [0.2, 0.25) is 0 Å². The molecule has 3 N–H and O–H groups in total. The van der Waals surface area contributed by atoms with Gasteiger partial charge in [-0.1, -0.05) is 144 Å². The number of anilines is 3. The average Bonchev–Trinajstić information content (AvgIpc) is 0.830. The Kier molecular flexibility index (Phi) is 31.3. The summed E-state index contributed by atoms with van der Waals surface area (Å²) in [5.41, 5.74) is 3.34. The second-order valence-corrected chi connectivity index (χ2v) is 27.5. The van der Waals surface area contributed by atoms with Crippen LogP contribution in [-0.2, 0) is 43.2 Å². The van der Waals surface area contributed by atoms with Crippen molar-refractivity contribution in [3.63, 3.8) is 0 Å². The molecule has 6 aromatic rings. The largest absolute Gasteiger partial charge is 0.416 e. The van der Waals surface area contributed by atoms with Gasteiger partial charge in [-0.05, 0) is 156 Å². The van der Waals surface area contributed by atoms with Crippen molar-refractivity contribution in [3.05, 3.63) is 201 Å². The zero-order valence-electron chi connectivity index (χ0n) is 59.4. The molecule has 3 aliphatic heterocycles. The number of nitro benzene ring substituents is 1. The van der Waals surface area contributed by atoms with Crippen LogP contribution in [0, 0.1) is 23.0 Å². The summed E-state index contributed by atoms with van der Waals surface area (Å²) < 4.78 is 78.8. The Morgan fingerprint density at radius 1 is 0.525 bits per heavy atom. The lowest BCUT2D eigenvalue weighted by molar-refractivity contribution is -0.385. The third-order valence-electron chi connectivity index (χ3n) is 19.3. The number of carbonyl (C=O) groups excluding carboxylic acids is 4. The number of carbonyl (C=O) groups is 4. The van der Waals surface area contributed by atoms with Crippen molar-refractivity contribution in [3.8, 4) is 0 Å². The number of benzene rings is 6. The molecule has 0 aromatic heterocycles. The topological polar surface area (TPSA) is 167 Å². The minimum atomic E-state index is -4.50. The number of urea groups is 3. The highest BCUT2D eigenvalue weighted by molar-refractivity contribution is 6.27. The Labute approximate surface area is 597 Å². The molecular formula is C78H101ClF6N10O6. The van der Waals surface area contributed by atoms with E-state index in [9.17, 15) is 55.6 Å². The summed E-state index contributed by atoms with van der Waals surface area (Å²) >= 11 is 5.72. The number of nitrogens with one attached hydrogen (secondary N) is 3. The summed E-state index contributed by atoms with van der Waals surface area (Å²) in [6, 6.07) is 41.4. The maximum Gasteiger partial charge on any atom is 0.416 e. The van der Waals surface area contributed by atoms with Crippen molar-refractivity contribution in [1.29, 1.82) is 0 Å². The number of aryl methyl sites for hydroxylation is 1. The fourth-order valence-electron chi connectivity index (χ4n) is 13.4. The van der Waals surface area contributed by atoms with Crippen LogP contribution in [0.4, 0.5) is 63.5 Å². The number of alkyl halides is 7. The number of Topliss-reactive ketones (excluding diaryl/α,β-unsaturated/α-hetero) is 1. The zero-order chi connectivity index (χ0) is 73.2. The number of nitro groups is 1. The van der Waals surface area contributed by atoms with Crippen molar-refractivity contribution >= 4 is 58.2 Å². The lowest BCUT2D eigenvalue weighted by atomic mass is 9.98. The van der Waals surface area contributed by atoms with E-state index < -0.39 is 34.4 Å². The first-order valence-corrected chi connectivity index (χ1v) is 36.0. The van der Waals surface area contributed by atoms with E-state index in [2.05, 4.69) is 72.2 Å². The molecular weight excluding hydrogens is 1320 g/mol. The van der Waals surface area contributed by atoms with Gasteiger partial charge in [-0.15, -0.1) is 11.6 Å². The number of rotatable bonds is 25. The third-order valence-corrected chi connectivity index (χ3v) is 19.6. The molecule has 0 radical (unpaired) electrons. The van der Waals surface area contributed by atoms with Crippen LogP contribution >= 0.6 is 11.6 Å². The highest BCUT2D eigenvalue weighted by Gasteiger charge is 2.36. The standard InChI is InChI=1S/C28H35ClF3N3O2.C25H32F3N3O.C25H34N4O3/c1-3-7-20(2)34-14-12-25(13-15-34)35(19-22-9-5-4-8-21(22)16-26(36)18-29)27(37)33-24-11-6-10-23(17-24)28(30,31)32;1-19(2)11-14-30-15-12-23(13-16-30)31(18-20-7-4-3-5-8-20)24(32)29-22-10-6-9-21(17-22)25(26,27)28;1-4-8-20(3)27-15-13-23(14-16-27)28(18-21-9-6-5-7-10-21)25(30)26-22-12-11-19(2)24(17-22)29(31)32/h4-6,8-11,17,20,25H,3,7,12-16,18-19H2,1-2H3,(H,33,37);3-10,17,19,23H,11-16,18H2,1-2H3,(H,29,32);5-7,9-12,17,20,23H,4,8,13-16,18H2,1-3H3,(H,26,30). The fraction of sp³-hybridized carbons (Fsp3) is 0.487. The summed E-state index contributed by atoms with van der Waals surface area (Å²) in [4.78, 5) is 75.7. The Bertz CT molecular complexity index is 3570. The lowest BCUT2D eigenvalue weighted by Crippen LogP contribution is -2.50. The van der Waals surface area contributed by atoms with E-state index in [-0.39, 0.29) is 71.9 Å². The molecule has 2 atom stereocenters. The van der Waals surface area contributed by atoms with Crippen LogP contribution in [0.1, 0.15) is 151 Å². The molecule has 23 heteroatoms. The minimum Gasteiger partial charge on any atom is -0.317 e. The van der Waals surface area contributed by atoms with E-state index in [1.807, 2.05) is 89.8 Å². The van der Waals surface area contributed by atoms with Crippen molar-refractivity contribution in [2.45, 2.75) is 188 Å². The van der Waals surface area contributed by atoms with Crippen LogP contribution in [0.5, 0.6) is 0 Å². The molecule has 3 fully saturated rings. The van der Waals surface area contributed by atoms with Gasteiger partial charge in [-0.25, -0.2) is 14.4 Å². The van der Waals surface area contributed by atoms with E-state index in [0.29, 0.717) is 42.3 Å². The molecule has 0 spiro atoms. The van der Waals surface area contributed by atoms with Gasteiger partial charge in [0.25, 0.3) is 5.69 Å². The van der Waals surface area contributed by atoms with Gasteiger partial charge in [-0.3, -0.25) is 14.9 Å². The second kappa shape index (κ2) is 39.4. The lowest BCUT2D eigenvalue weighted by Gasteiger charge is -2.41. The highest BCUT2D eigenvalue weighted by atomic mass is 35.5. The SMILES string of the molecule is CC(C)CCN1CCC(N(Cc2ccccc2)C(=O)Nc2cccc(C(F)(F)F)c2)CC1.CCCC(C)N1CCC(N(Cc2ccccc2)C(=O)Nc2ccc(C)c([N+](=O)[O-])c2)CC1.CCCC(C)N1CCC(N(Cc2ccccc2CC(=O)CCl)C(=O)Nc2cccc(C(F)(F)F)c2)CC1. The van der Waals surface area contributed by atoms with Crippen LogP contribution < -0.4 is 16.0 Å². The molecule has 0 bridgehead atoms. The predicted octanol–water partition coefficient (Wildman–Crippen LogP) is 18.6. The van der Waals surface area contributed by atoms with Gasteiger partial charge >= 0.3 is 30.4 Å². The predicted molar refractivity (Wildman–Crippen MR) is 390 cm³/mol. The summed E-state index contributed by atoms with van der Waals surface area (Å²) in [6.07, 6.45) is 1.97. The van der Waals surface area contributed by atoms with E-state index in [1.54, 1.807) is 28.9 Å². The van der Waals surface area contributed by atoms with Crippen LogP contribution in [-0.4, -0.2) is 140 Å². The van der Waals surface area contributed by atoms with E-state index in [4.69, 9.17) is 11.6 Å². The number of hydrogen-bond acceptors (Lipinski definition) is 9. The quantitative estimate of drug-likeness (QED) is 0.0219. The van der Waals surface area contributed by atoms with Crippen LogP contribution in [0.2, 0.25) is 0 Å². The molecule has 3 heterocycles. The monoisotopic (exact) mass is 1420 g/mol. The third kappa shape index (κ3) is 25.5. The zero-order valence-corrected chi connectivity index (χ0v) is 60.1. The Balaban J connectivity index is 0.000000213. The molecule has 0 aliphatic carbocycles. The highest BCUT2D eigenvalue weighted by Crippen LogP contribution is 2.34. The summed E-state index contributed by atoms with van der Waals surface area (Å²) in [5.74, 6) is 0.440. The molecule has 3 aliphatic rings. The van der Waals surface area contributed by atoms with Crippen LogP contribution in [0.3, 0.4) is 0 Å². The summed E-state index contributed by atoms with van der Waals surface area (Å²) in [6.45, 7) is 22.7. The van der Waals surface area contributed by atoms with Crippen molar-refractivity contribution < 1.29 is 50.4 Å². The number of piperidine rings is 3. The van der Waals surface area contributed by atoms with E-state index >= 15 is 0 Å². The molecule has 6 aromatic carbocycles. The molecule has 0 saturated carbocycles. The van der Waals surface area contributed by atoms with Gasteiger partial charge in [0.15, 0.2) is 5.78 Å². The number of halogens is 7. The number of likely N-dealkylation sites (tertiary alicyclic amines) is 3. The maximum atomic E-state index is 13.5. The first-order chi connectivity index (χ1) is 48.2.